The Morgan fingerprint density at radius 2 is 1.53 bits per heavy atom. The molecule has 1 saturated carbocycles. The zero-order valence-corrected chi connectivity index (χ0v) is 28.6. The summed E-state index contributed by atoms with van der Waals surface area (Å²) in [5, 5.41) is 71.8. The van der Waals surface area contributed by atoms with E-state index in [-0.39, 0.29) is 5.75 Å². The van der Waals surface area contributed by atoms with Crippen molar-refractivity contribution in [1.82, 2.24) is 0 Å². The maximum atomic E-state index is 13.1. The number of hydrogen-bond acceptors (Lipinski definition) is 19. The van der Waals surface area contributed by atoms with Crippen LogP contribution in [0, 0.1) is 11.8 Å². The Balaban J connectivity index is 1.24. The number of esters is 3. The predicted octanol–water partition coefficient (Wildman–Crippen LogP) is -1.92. The van der Waals surface area contributed by atoms with Crippen LogP contribution in [0.5, 0.6) is 11.5 Å². The number of carbonyl (C=O) groups is 3. The highest BCUT2D eigenvalue weighted by Gasteiger charge is 2.77. The molecule has 1 aromatic carbocycles. The highest BCUT2D eigenvalue weighted by Crippen LogP contribution is 2.61. The SMILES string of the molecule is CC(=O)O[C@@H]1[C@@H](O)[C@H](C)O[C@@H](O[C@H]2[C@@H]3C=CO[C@@H](O[C@@H]4O[C@H](CO)[C@@H](O)[C@H](O)[C@H]4OC(C)=O)[C@@H]3[C@@]3(CO)O[C@@H]23)[C@@H]1OC(=O)/C=C/c1ccc(O)c(O)c1. The fraction of sp³-hybridized carbons (Fsp3) is 0.618. The molecule has 1 aliphatic carbocycles. The number of benzene rings is 1. The smallest absolute Gasteiger partial charge is 0.331 e. The molecule has 19 nitrogen and oxygen atoms in total. The van der Waals surface area contributed by atoms with Gasteiger partial charge in [0.15, 0.2) is 36.1 Å². The molecule has 16 atom stereocenters. The van der Waals surface area contributed by atoms with Crippen molar-refractivity contribution in [2.45, 2.75) is 106 Å². The average molecular weight is 755 g/mol. The van der Waals surface area contributed by atoms with Gasteiger partial charge in [0.1, 0.15) is 36.1 Å². The van der Waals surface area contributed by atoms with Crippen LogP contribution in [0.3, 0.4) is 0 Å². The number of phenolic OH excluding ortho intramolecular Hbond substituents is 2. The van der Waals surface area contributed by atoms with E-state index >= 15 is 0 Å². The Bertz CT molecular complexity index is 1580. The molecule has 7 N–H and O–H groups in total. The molecule has 1 aromatic rings. The minimum absolute atomic E-state index is 0.330. The van der Waals surface area contributed by atoms with E-state index in [9.17, 15) is 50.1 Å². The first-order valence-electron chi connectivity index (χ1n) is 16.8. The lowest BCUT2D eigenvalue weighted by atomic mass is 9.85. The van der Waals surface area contributed by atoms with Crippen LogP contribution in [0.2, 0.25) is 0 Å². The first-order chi connectivity index (χ1) is 25.2. The monoisotopic (exact) mass is 754 g/mol. The third-order valence-corrected chi connectivity index (χ3v) is 9.89. The van der Waals surface area contributed by atoms with Crippen LogP contribution in [0.25, 0.3) is 6.08 Å². The molecule has 0 unspecified atom stereocenters. The fourth-order valence-electron chi connectivity index (χ4n) is 7.30. The number of aromatic hydroxyl groups is 2. The van der Waals surface area contributed by atoms with Crippen LogP contribution in [0.1, 0.15) is 26.3 Å². The van der Waals surface area contributed by atoms with Crippen molar-refractivity contribution in [3.05, 3.63) is 42.2 Å². The highest BCUT2D eigenvalue weighted by atomic mass is 16.8. The average Bonchev–Trinajstić information content (AvgIpc) is 3.79. The van der Waals surface area contributed by atoms with Gasteiger partial charge in [-0.15, -0.1) is 0 Å². The van der Waals surface area contributed by atoms with Crippen molar-refractivity contribution >= 4 is 24.0 Å². The molecule has 0 amide bonds. The van der Waals surface area contributed by atoms with Gasteiger partial charge in [-0.3, -0.25) is 9.59 Å². The lowest BCUT2D eigenvalue weighted by molar-refractivity contribution is -0.347. The molecular weight excluding hydrogens is 712 g/mol. The maximum absolute atomic E-state index is 13.1. The molecule has 5 aliphatic rings. The number of ether oxygens (including phenoxy) is 9. The number of aliphatic hydroxyl groups is 5. The summed E-state index contributed by atoms with van der Waals surface area (Å²) in [6, 6.07) is 3.84. The summed E-state index contributed by atoms with van der Waals surface area (Å²) in [6.45, 7) is 2.40. The van der Waals surface area contributed by atoms with Gasteiger partial charge in [-0.1, -0.05) is 6.07 Å². The van der Waals surface area contributed by atoms with E-state index < -0.39 is 134 Å². The molecule has 19 heteroatoms. The van der Waals surface area contributed by atoms with E-state index in [2.05, 4.69) is 0 Å². The van der Waals surface area contributed by atoms with Crippen molar-refractivity contribution in [2.75, 3.05) is 13.2 Å². The van der Waals surface area contributed by atoms with E-state index in [0.717, 1.165) is 19.9 Å². The Morgan fingerprint density at radius 3 is 2.19 bits per heavy atom. The summed E-state index contributed by atoms with van der Waals surface area (Å²) < 4.78 is 52.1. The molecule has 292 valence electrons. The summed E-state index contributed by atoms with van der Waals surface area (Å²) in [7, 11) is 0. The number of fused-ring (bicyclic) bond motifs is 3. The summed E-state index contributed by atoms with van der Waals surface area (Å²) >= 11 is 0. The Kier molecular flexibility index (Phi) is 11.3. The van der Waals surface area contributed by atoms with E-state index in [1.807, 2.05) is 0 Å². The van der Waals surface area contributed by atoms with Gasteiger partial charge in [-0.05, 0) is 36.8 Å². The minimum Gasteiger partial charge on any atom is -0.504 e. The first-order valence-corrected chi connectivity index (χ1v) is 16.8. The minimum atomic E-state index is -1.71. The largest absolute Gasteiger partial charge is 0.504 e. The standard InChI is InChI=1S/C34H42O19/c1-13-23(42)27(47-14(2)37)29(50-21(41)7-5-16-4-6-18(39)19(40)10-16)33(46-13)51-26-17-8-9-45-31(22(17)34(12-36)30(26)53-34)52-32-28(48-15(3)38)25(44)24(43)20(11-35)49-32/h4-10,13,17,20,22-33,35-36,39-40,42-44H,11-12H2,1-3H3/b7-5+/t13-,17+,20+,22+,23-,24+,25-,26-,27+,28+,29+,30-,31-,32-,33-,34+/m0/s1. The van der Waals surface area contributed by atoms with Gasteiger partial charge < -0.3 is 78.4 Å². The molecular formula is C34H42O19. The van der Waals surface area contributed by atoms with Crippen molar-refractivity contribution in [3.63, 3.8) is 0 Å². The second-order valence-electron chi connectivity index (χ2n) is 13.4. The lowest BCUT2D eigenvalue weighted by Gasteiger charge is -2.45. The molecule has 4 fully saturated rings. The molecule has 3 saturated heterocycles. The molecule has 6 rings (SSSR count). The van der Waals surface area contributed by atoms with Gasteiger partial charge in [-0.2, -0.15) is 0 Å². The number of rotatable bonds is 11. The molecule has 4 aliphatic heterocycles. The zero-order valence-electron chi connectivity index (χ0n) is 28.6. The van der Waals surface area contributed by atoms with Crippen LogP contribution in [-0.4, -0.2) is 152 Å². The van der Waals surface area contributed by atoms with Gasteiger partial charge in [0, 0.05) is 25.8 Å². The van der Waals surface area contributed by atoms with Gasteiger partial charge in [0.2, 0.25) is 12.6 Å². The molecule has 0 bridgehead atoms. The van der Waals surface area contributed by atoms with Gasteiger partial charge in [0.25, 0.3) is 0 Å². The first kappa shape index (κ1) is 38.8. The summed E-state index contributed by atoms with van der Waals surface area (Å²) in [4.78, 5) is 37.1. The van der Waals surface area contributed by atoms with Gasteiger partial charge in [0.05, 0.1) is 37.6 Å². The second kappa shape index (κ2) is 15.5. The number of aliphatic hydroxyl groups excluding tert-OH is 5. The van der Waals surface area contributed by atoms with Crippen molar-refractivity contribution in [2.24, 2.45) is 11.8 Å². The third kappa shape index (κ3) is 7.59. The number of carbonyl (C=O) groups excluding carboxylic acids is 3. The quantitative estimate of drug-likeness (QED) is 0.0426. The van der Waals surface area contributed by atoms with Crippen LogP contribution in [0.15, 0.2) is 36.6 Å². The fourth-order valence-corrected chi connectivity index (χ4v) is 7.30. The Hall–Kier alpha value is -3.89. The topological polar surface area (TPSA) is 279 Å². The van der Waals surface area contributed by atoms with Gasteiger partial charge in [-0.25, -0.2) is 4.79 Å². The molecule has 4 heterocycles. The van der Waals surface area contributed by atoms with E-state index in [1.165, 1.54) is 37.5 Å². The van der Waals surface area contributed by atoms with E-state index in [4.69, 9.17) is 42.6 Å². The highest BCUT2D eigenvalue weighted by molar-refractivity contribution is 5.87. The summed E-state index contributed by atoms with van der Waals surface area (Å²) in [5.74, 6) is -4.90. The second-order valence-corrected chi connectivity index (χ2v) is 13.4. The summed E-state index contributed by atoms with van der Waals surface area (Å²) in [6.07, 6.45) is -12.6. The van der Waals surface area contributed by atoms with Crippen LogP contribution < -0.4 is 0 Å². The number of hydrogen-bond donors (Lipinski definition) is 7. The molecule has 0 spiro atoms. The van der Waals surface area contributed by atoms with Crippen molar-refractivity contribution < 1.29 is 92.8 Å². The summed E-state index contributed by atoms with van der Waals surface area (Å²) in [5.41, 5.74) is -0.998. The van der Waals surface area contributed by atoms with Crippen molar-refractivity contribution in [3.8, 4) is 11.5 Å². The van der Waals surface area contributed by atoms with Crippen LogP contribution >= 0.6 is 0 Å². The molecule has 0 radical (unpaired) electrons. The normalized spacial score (nSPS) is 41.5. The lowest BCUT2D eigenvalue weighted by Crippen LogP contribution is -2.62. The number of phenols is 2. The predicted molar refractivity (Wildman–Crippen MR) is 170 cm³/mol. The molecule has 53 heavy (non-hydrogen) atoms. The van der Waals surface area contributed by atoms with Crippen LogP contribution in [-0.2, 0) is 57.0 Å². The zero-order chi connectivity index (χ0) is 38.4. The third-order valence-electron chi connectivity index (χ3n) is 9.89. The number of epoxide rings is 1. The van der Waals surface area contributed by atoms with E-state index in [0.29, 0.717) is 5.56 Å². The van der Waals surface area contributed by atoms with E-state index in [1.54, 1.807) is 6.08 Å². The van der Waals surface area contributed by atoms with Gasteiger partial charge >= 0.3 is 17.9 Å². The Labute approximate surface area is 301 Å². The van der Waals surface area contributed by atoms with Crippen molar-refractivity contribution in [1.29, 1.82) is 0 Å². The Morgan fingerprint density at radius 1 is 0.830 bits per heavy atom. The maximum Gasteiger partial charge on any atom is 0.331 e. The molecule has 0 aromatic heterocycles. The van der Waals surface area contributed by atoms with Crippen LogP contribution in [0.4, 0.5) is 0 Å².